The van der Waals surface area contributed by atoms with E-state index in [9.17, 15) is 13.5 Å². The van der Waals surface area contributed by atoms with Crippen LogP contribution in [0.3, 0.4) is 0 Å². The van der Waals surface area contributed by atoms with Crippen molar-refractivity contribution in [3.8, 4) is 0 Å². The van der Waals surface area contributed by atoms with Gasteiger partial charge in [-0.25, -0.2) is 0 Å². The van der Waals surface area contributed by atoms with Gasteiger partial charge in [-0.15, -0.1) is 0 Å². The first-order chi connectivity index (χ1) is 12.5. The topological polar surface area (TPSA) is 86.5 Å². The van der Waals surface area contributed by atoms with Crippen LogP contribution in [0.25, 0.3) is 0 Å². The number of ether oxygens (including phenoxy) is 2. The first-order valence-electron chi connectivity index (χ1n) is 9.25. The van der Waals surface area contributed by atoms with Gasteiger partial charge < -0.3 is 19.5 Å². The number of rotatable bonds is 4. The minimum absolute atomic E-state index is 0.0669. The van der Waals surface area contributed by atoms with Gasteiger partial charge in [-0.2, -0.15) is 8.42 Å². The SMILES string of the molecule is Cc1ccc(S(=O)(=O)O[C@H]2[C@H]3OC[C@H](O3)[C@@H]([NH+]3CCCCC3)[C@@H]2O)cc1. The molecule has 1 aromatic carbocycles. The third-order valence-corrected chi connectivity index (χ3v) is 6.95. The molecule has 1 aromatic rings. The maximum atomic E-state index is 12.7. The maximum Gasteiger partial charge on any atom is 0.297 e. The highest BCUT2D eigenvalue weighted by atomic mass is 32.2. The minimum atomic E-state index is -4.02. The smallest absolute Gasteiger partial charge is 0.297 e. The largest absolute Gasteiger partial charge is 0.384 e. The molecule has 3 fully saturated rings. The van der Waals surface area contributed by atoms with E-state index < -0.39 is 28.6 Å². The molecule has 144 valence electrons. The molecule has 3 aliphatic rings. The Bertz CT molecular complexity index is 731. The number of aliphatic hydroxyl groups excluding tert-OH is 1. The second-order valence-corrected chi connectivity index (χ2v) is 9.01. The van der Waals surface area contributed by atoms with E-state index in [0.717, 1.165) is 31.5 Å². The molecule has 4 rings (SSSR count). The summed E-state index contributed by atoms with van der Waals surface area (Å²) in [6, 6.07) is 6.21. The summed E-state index contributed by atoms with van der Waals surface area (Å²) in [5.74, 6) is 0. The van der Waals surface area contributed by atoms with Gasteiger partial charge in [0, 0.05) is 0 Å². The lowest BCUT2D eigenvalue weighted by atomic mass is 9.94. The summed E-state index contributed by atoms with van der Waals surface area (Å²) >= 11 is 0. The van der Waals surface area contributed by atoms with Crippen molar-refractivity contribution >= 4 is 10.1 Å². The Hall–Kier alpha value is -1.03. The van der Waals surface area contributed by atoms with Gasteiger partial charge in [0.25, 0.3) is 10.1 Å². The molecule has 0 aromatic heterocycles. The summed E-state index contributed by atoms with van der Waals surface area (Å²) in [4.78, 5) is 1.32. The molecule has 5 atom stereocenters. The molecule has 2 N–H and O–H groups in total. The molecule has 0 saturated carbocycles. The fourth-order valence-corrected chi connectivity index (χ4v) is 5.32. The van der Waals surface area contributed by atoms with Gasteiger partial charge in [0.2, 0.25) is 0 Å². The number of aryl methyl sites for hydroxylation is 1. The number of hydrogen-bond acceptors (Lipinski definition) is 6. The van der Waals surface area contributed by atoms with E-state index in [1.807, 2.05) is 6.92 Å². The van der Waals surface area contributed by atoms with E-state index in [2.05, 4.69) is 0 Å². The zero-order valence-corrected chi connectivity index (χ0v) is 15.7. The molecule has 8 heteroatoms. The monoisotopic (exact) mass is 384 g/mol. The first kappa shape index (κ1) is 18.3. The summed E-state index contributed by atoms with van der Waals surface area (Å²) < 4.78 is 42.2. The van der Waals surface area contributed by atoms with Gasteiger partial charge in [0.15, 0.2) is 12.4 Å². The highest BCUT2D eigenvalue weighted by Crippen LogP contribution is 2.31. The Labute approximate surface area is 154 Å². The van der Waals surface area contributed by atoms with Crippen molar-refractivity contribution < 1.29 is 32.1 Å². The number of fused-ring (bicyclic) bond motifs is 2. The molecule has 26 heavy (non-hydrogen) atoms. The molecule has 7 nitrogen and oxygen atoms in total. The molecule has 0 aliphatic carbocycles. The lowest BCUT2D eigenvalue weighted by Gasteiger charge is -2.41. The summed E-state index contributed by atoms with van der Waals surface area (Å²) in [5.41, 5.74) is 0.959. The standard InChI is InChI=1S/C18H25NO6S/c1-12-5-7-13(8-6-12)26(21,22)25-17-16(20)15(14-11-23-18(17)24-14)19-9-3-2-4-10-19/h5-8,14-18,20H,2-4,9-11H2,1H3/p+1/t14-,15+,16-,17+,18-/m0/s1. The van der Waals surface area contributed by atoms with Gasteiger partial charge in [0.1, 0.15) is 18.2 Å². The fraction of sp³-hybridized carbons (Fsp3) is 0.667. The van der Waals surface area contributed by atoms with Crippen LogP contribution in [0.1, 0.15) is 24.8 Å². The van der Waals surface area contributed by atoms with Gasteiger partial charge >= 0.3 is 0 Å². The molecule has 3 saturated heterocycles. The average molecular weight is 384 g/mol. The Morgan fingerprint density at radius 2 is 1.85 bits per heavy atom. The van der Waals surface area contributed by atoms with Crippen LogP contribution in [-0.4, -0.2) is 63.9 Å². The van der Waals surface area contributed by atoms with Crippen LogP contribution in [0, 0.1) is 6.92 Å². The lowest BCUT2D eigenvalue weighted by Crippen LogP contribution is -3.19. The molecule has 0 amide bonds. The van der Waals surface area contributed by atoms with Crippen molar-refractivity contribution in [3.05, 3.63) is 29.8 Å². The maximum absolute atomic E-state index is 12.7. The number of piperidine rings is 1. The quantitative estimate of drug-likeness (QED) is 0.689. The van der Waals surface area contributed by atoms with Crippen molar-refractivity contribution in [3.63, 3.8) is 0 Å². The minimum Gasteiger partial charge on any atom is -0.384 e. The van der Waals surface area contributed by atoms with Crippen molar-refractivity contribution in [2.75, 3.05) is 19.7 Å². The molecular formula is C18H26NO6S+. The van der Waals surface area contributed by atoms with Gasteiger partial charge in [-0.05, 0) is 38.3 Å². The average Bonchev–Trinajstić information content (AvgIpc) is 3.06. The predicted octanol–water partition coefficient (Wildman–Crippen LogP) is -0.378. The zero-order valence-electron chi connectivity index (χ0n) is 14.8. The normalized spacial score (nSPS) is 35.5. The summed E-state index contributed by atoms with van der Waals surface area (Å²) in [6.07, 6.45) is 0.319. The molecule has 0 unspecified atom stereocenters. The number of nitrogens with one attached hydrogen (secondary N) is 1. The third kappa shape index (κ3) is 3.42. The van der Waals surface area contributed by atoms with Crippen LogP contribution >= 0.6 is 0 Å². The van der Waals surface area contributed by atoms with Crippen LogP contribution in [-0.2, 0) is 23.8 Å². The van der Waals surface area contributed by atoms with Crippen molar-refractivity contribution in [2.45, 2.75) is 61.7 Å². The molecule has 3 heterocycles. The van der Waals surface area contributed by atoms with Crippen molar-refractivity contribution in [2.24, 2.45) is 0 Å². The van der Waals surface area contributed by atoms with Gasteiger partial charge in [-0.3, -0.25) is 4.18 Å². The third-order valence-electron chi connectivity index (χ3n) is 5.62. The van der Waals surface area contributed by atoms with Gasteiger partial charge in [-0.1, -0.05) is 17.7 Å². The molecule has 0 radical (unpaired) electrons. The summed E-state index contributed by atoms with van der Waals surface area (Å²) in [6.45, 7) is 4.14. The molecule has 3 aliphatic heterocycles. The highest BCUT2D eigenvalue weighted by Gasteiger charge is 2.56. The zero-order chi connectivity index (χ0) is 18.3. The number of likely N-dealkylation sites (tertiary alicyclic amines) is 1. The molecule has 0 spiro atoms. The lowest BCUT2D eigenvalue weighted by molar-refractivity contribution is -0.938. The van der Waals surface area contributed by atoms with E-state index in [1.54, 1.807) is 12.1 Å². The number of benzene rings is 1. The van der Waals surface area contributed by atoms with E-state index >= 15 is 0 Å². The van der Waals surface area contributed by atoms with Crippen LogP contribution < -0.4 is 4.90 Å². The van der Waals surface area contributed by atoms with Crippen LogP contribution in [0.2, 0.25) is 0 Å². The molecular weight excluding hydrogens is 358 g/mol. The number of hydrogen-bond donors (Lipinski definition) is 2. The summed E-state index contributed by atoms with van der Waals surface area (Å²) in [7, 11) is -4.02. The van der Waals surface area contributed by atoms with E-state index in [1.165, 1.54) is 23.5 Å². The Kier molecular flexibility index (Phi) is 5.06. The highest BCUT2D eigenvalue weighted by molar-refractivity contribution is 7.86. The van der Waals surface area contributed by atoms with Crippen LogP contribution in [0.15, 0.2) is 29.2 Å². The number of quaternary nitrogens is 1. The van der Waals surface area contributed by atoms with Gasteiger partial charge in [0.05, 0.1) is 24.6 Å². The van der Waals surface area contributed by atoms with E-state index in [0.29, 0.717) is 6.61 Å². The Balaban J connectivity index is 1.56. The Morgan fingerprint density at radius 1 is 1.15 bits per heavy atom. The Morgan fingerprint density at radius 3 is 2.54 bits per heavy atom. The molecule has 2 bridgehead atoms. The summed E-state index contributed by atoms with van der Waals surface area (Å²) in [5, 5.41) is 10.9. The van der Waals surface area contributed by atoms with E-state index in [4.69, 9.17) is 13.7 Å². The van der Waals surface area contributed by atoms with Crippen LogP contribution in [0.4, 0.5) is 0 Å². The second-order valence-electron chi connectivity index (χ2n) is 7.44. The van der Waals surface area contributed by atoms with E-state index in [-0.39, 0.29) is 17.0 Å². The predicted molar refractivity (Wildman–Crippen MR) is 92.2 cm³/mol. The number of aliphatic hydroxyl groups is 1. The van der Waals surface area contributed by atoms with Crippen LogP contribution in [0.5, 0.6) is 0 Å². The first-order valence-corrected chi connectivity index (χ1v) is 10.7. The van der Waals surface area contributed by atoms with Crippen molar-refractivity contribution in [1.82, 2.24) is 0 Å². The fourth-order valence-electron chi connectivity index (χ4n) is 4.24. The van der Waals surface area contributed by atoms with Crippen molar-refractivity contribution in [1.29, 1.82) is 0 Å². The second kappa shape index (κ2) is 7.18.